The largest absolute Gasteiger partial charge is 0.484 e. The molecule has 32 heavy (non-hydrogen) atoms. The molecule has 0 bridgehead atoms. The predicted octanol–water partition coefficient (Wildman–Crippen LogP) is 0.558. The van der Waals surface area contributed by atoms with Gasteiger partial charge < -0.3 is 9.47 Å². The number of amides is 2. The van der Waals surface area contributed by atoms with Crippen molar-refractivity contribution in [1.29, 1.82) is 5.26 Å². The highest BCUT2D eigenvalue weighted by Crippen LogP contribution is 2.20. The molecule has 0 aromatic heterocycles. The van der Waals surface area contributed by atoms with Crippen molar-refractivity contribution < 1.29 is 31.9 Å². The van der Waals surface area contributed by atoms with Gasteiger partial charge in [0, 0.05) is 13.1 Å². The van der Waals surface area contributed by atoms with Gasteiger partial charge in [0.2, 0.25) is 10.0 Å². The number of halogens is 1. The first kappa shape index (κ1) is 23.1. The molecule has 10 nitrogen and oxygen atoms in total. The maximum atomic E-state index is 14.2. The molecule has 2 aromatic rings. The summed E-state index contributed by atoms with van der Waals surface area (Å²) in [7, 11) is -3.93. The minimum atomic E-state index is -3.93. The van der Waals surface area contributed by atoms with Gasteiger partial charge in [0.25, 0.3) is 11.8 Å². The fourth-order valence-electron chi connectivity index (χ4n) is 2.78. The van der Waals surface area contributed by atoms with Crippen molar-refractivity contribution >= 4 is 21.8 Å². The second kappa shape index (κ2) is 10.2. The van der Waals surface area contributed by atoms with E-state index in [2.05, 4.69) is 5.43 Å². The molecule has 2 amide bonds. The lowest BCUT2D eigenvalue weighted by atomic mass is 10.2. The maximum absolute atomic E-state index is 14.2. The molecule has 0 radical (unpaired) electrons. The van der Waals surface area contributed by atoms with Gasteiger partial charge in [0.05, 0.1) is 35.3 Å². The molecule has 1 saturated heterocycles. The normalized spacial score (nSPS) is 14.2. The van der Waals surface area contributed by atoms with Crippen LogP contribution in [0.4, 0.5) is 4.39 Å². The van der Waals surface area contributed by atoms with E-state index in [4.69, 9.17) is 14.7 Å². The predicted molar refractivity (Wildman–Crippen MR) is 108 cm³/mol. The van der Waals surface area contributed by atoms with Crippen LogP contribution in [-0.2, 0) is 19.6 Å². The van der Waals surface area contributed by atoms with Crippen molar-refractivity contribution in [1.82, 2.24) is 15.2 Å². The van der Waals surface area contributed by atoms with Gasteiger partial charge in [-0.15, -0.1) is 0 Å². The second-order valence-electron chi connectivity index (χ2n) is 6.59. The van der Waals surface area contributed by atoms with E-state index in [1.165, 1.54) is 28.6 Å². The molecule has 1 aliphatic rings. The molecule has 0 unspecified atom stereocenters. The molecular formula is C20H19FN4O6S. The van der Waals surface area contributed by atoms with E-state index in [0.717, 1.165) is 18.2 Å². The molecule has 168 valence electrons. The number of hydrogen-bond donors (Lipinski definition) is 2. The summed E-state index contributed by atoms with van der Waals surface area (Å²) in [5, 5.41) is 8.75. The van der Waals surface area contributed by atoms with Gasteiger partial charge in [-0.3, -0.25) is 20.4 Å². The molecule has 0 atom stereocenters. The molecule has 0 spiro atoms. The van der Waals surface area contributed by atoms with Crippen LogP contribution in [0.5, 0.6) is 5.75 Å². The van der Waals surface area contributed by atoms with Crippen molar-refractivity contribution in [3.63, 3.8) is 0 Å². The molecule has 3 rings (SSSR count). The summed E-state index contributed by atoms with van der Waals surface area (Å²) in [5.74, 6) is -2.39. The van der Waals surface area contributed by atoms with E-state index in [1.807, 2.05) is 11.5 Å². The summed E-state index contributed by atoms with van der Waals surface area (Å²) >= 11 is 0. The molecule has 1 fully saturated rings. The molecule has 0 aliphatic carbocycles. The number of nitriles is 1. The molecule has 2 N–H and O–H groups in total. The molecule has 1 aliphatic heterocycles. The summed E-state index contributed by atoms with van der Waals surface area (Å²) in [6.07, 6.45) is 0. The third kappa shape index (κ3) is 5.58. The average Bonchev–Trinajstić information content (AvgIpc) is 2.82. The first-order valence-corrected chi connectivity index (χ1v) is 10.8. The molecule has 1 heterocycles. The third-order valence-corrected chi connectivity index (χ3v) is 6.35. The molecule has 0 saturated carbocycles. The van der Waals surface area contributed by atoms with Crippen LogP contribution in [0.3, 0.4) is 0 Å². The zero-order chi connectivity index (χ0) is 23.1. The number of rotatable bonds is 6. The highest BCUT2D eigenvalue weighted by atomic mass is 32.2. The van der Waals surface area contributed by atoms with E-state index in [-0.39, 0.29) is 31.2 Å². The Bertz CT molecular complexity index is 1140. The number of benzene rings is 2. The summed E-state index contributed by atoms with van der Waals surface area (Å²) in [4.78, 5) is 23.9. The number of nitrogens with zero attached hydrogens (tertiary/aromatic N) is 2. The van der Waals surface area contributed by atoms with Gasteiger partial charge in [0.1, 0.15) is 11.6 Å². The van der Waals surface area contributed by atoms with Gasteiger partial charge >= 0.3 is 0 Å². The van der Waals surface area contributed by atoms with E-state index in [0.29, 0.717) is 11.3 Å². The van der Waals surface area contributed by atoms with E-state index in [9.17, 15) is 22.4 Å². The van der Waals surface area contributed by atoms with E-state index >= 15 is 0 Å². The van der Waals surface area contributed by atoms with Crippen LogP contribution in [0.2, 0.25) is 0 Å². The topological polar surface area (TPSA) is 138 Å². The Morgan fingerprint density at radius 3 is 2.47 bits per heavy atom. The third-order valence-electron chi connectivity index (χ3n) is 4.46. The lowest BCUT2D eigenvalue weighted by Crippen LogP contribution is -2.44. The monoisotopic (exact) mass is 462 g/mol. The van der Waals surface area contributed by atoms with Gasteiger partial charge in [-0.05, 0) is 42.5 Å². The minimum absolute atomic E-state index is 0.149. The van der Waals surface area contributed by atoms with Gasteiger partial charge in [-0.2, -0.15) is 9.57 Å². The first-order valence-electron chi connectivity index (χ1n) is 9.41. The van der Waals surface area contributed by atoms with Crippen LogP contribution in [-0.4, -0.2) is 57.4 Å². The fourth-order valence-corrected chi connectivity index (χ4v) is 4.21. The summed E-state index contributed by atoms with van der Waals surface area (Å²) < 4.78 is 51.1. The number of nitrogens with one attached hydrogen (secondary N) is 2. The van der Waals surface area contributed by atoms with Crippen molar-refractivity contribution in [3.8, 4) is 11.8 Å². The summed E-state index contributed by atoms with van der Waals surface area (Å²) in [6.45, 7) is 0.321. The Hall–Kier alpha value is -3.53. The molecular weight excluding hydrogens is 443 g/mol. The zero-order valence-corrected chi connectivity index (χ0v) is 17.5. The Morgan fingerprint density at radius 2 is 1.81 bits per heavy atom. The lowest BCUT2D eigenvalue weighted by molar-refractivity contribution is -0.123. The van der Waals surface area contributed by atoms with Crippen LogP contribution in [0, 0.1) is 17.1 Å². The average molecular weight is 462 g/mol. The number of carbonyl (C=O) groups is 2. The first-order chi connectivity index (χ1) is 15.3. The number of hydrogen-bond acceptors (Lipinski definition) is 7. The SMILES string of the molecule is N#Cc1ccc(OCC(=O)NNC(=O)c2cc(S(=O)(=O)N3CCOCC3)ccc2F)cc1. The number of ether oxygens (including phenoxy) is 2. The number of sulfonamides is 1. The number of morpholine rings is 1. The maximum Gasteiger partial charge on any atom is 0.276 e. The smallest absolute Gasteiger partial charge is 0.276 e. The molecule has 2 aromatic carbocycles. The second-order valence-corrected chi connectivity index (χ2v) is 8.52. The lowest BCUT2D eigenvalue weighted by Gasteiger charge is -2.26. The van der Waals surface area contributed by atoms with Crippen LogP contribution >= 0.6 is 0 Å². The standard InChI is InChI=1S/C20H19FN4O6S/c21-18-6-5-16(32(28,29)25-7-9-30-10-8-25)11-17(18)20(27)24-23-19(26)13-31-15-3-1-14(12-22)2-4-15/h1-6,11H,7-10,13H2,(H,23,26)(H,24,27). The van der Waals surface area contributed by atoms with Gasteiger partial charge in [0.15, 0.2) is 6.61 Å². The van der Waals surface area contributed by atoms with Crippen LogP contribution < -0.4 is 15.6 Å². The summed E-state index contributed by atoms with van der Waals surface area (Å²) in [5.41, 5.74) is 3.96. The van der Waals surface area contributed by atoms with E-state index < -0.39 is 39.8 Å². The quantitative estimate of drug-likeness (QED) is 0.598. The van der Waals surface area contributed by atoms with E-state index in [1.54, 1.807) is 0 Å². The highest BCUT2D eigenvalue weighted by Gasteiger charge is 2.28. The number of hydrazine groups is 1. The Balaban J connectivity index is 1.60. The van der Waals surface area contributed by atoms with Crippen molar-refractivity contribution in [2.45, 2.75) is 4.90 Å². The van der Waals surface area contributed by atoms with Gasteiger partial charge in [-0.1, -0.05) is 0 Å². The van der Waals surface area contributed by atoms with Crippen molar-refractivity contribution in [2.24, 2.45) is 0 Å². The Morgan fingerprint density at radius 1 is 1.12 bits per heavy atom. The van der Waals surface area contributed by atoms with Crippen LogP contribution in [0.15, 0.2) is 47.4 Å². The van der Waals surface area contributed by atoms with Crippen molar-refractivity contribution in [3.05, 3.63) is 59.4 Å². The summed E-state index contributed by atoms with van der Waals surface area (Å²) in [6, 6.07) is 10.8. The number of carbonyl (C=O) groups excluding carboxylic acids is 2. The molecule has 12 heteroatoms. The fraction of sp³-hybridized carbons (Fsp3) is 0.250. The Labute approximate surface area is 183 Å². The Kier molecular flexibility index (Phi) is 7.37. The zero-order valence-electron chi connectivity index (χ0n) is 16.7. The van der Waals surface area contributed by atoms with Gasteiger partial charge in [-0.25, -0.2) is 12.8 Å². The van der Waals surface area contributed by atoms with Crippen LogP contribution in [0.25, 0.3) is 0 Å². The van der Waals surface area contributed by atoms with Crippen molar-refractivity contribution in [2.75, 3.05) is 32.9 Å². The highest BCUT2D eigenvalue weighted by molar-refractivity contribution is 7.89. The van der Waals surface area contributed by atoms with Crippen LogP contribution in [0.1, 0.15) is 15.9 Å². The minimum Gasteiger partial charge on any atom is -0.484 e.